The van der Waals surface area contributed by atoms with Crippen molar-refractivity contribution in [3.8, 4) is 11.4 Å². The summed E-state index contributed by atoms with van der Waals surface area (Å²) in [5.74, 6) is 0.212. The molecular weight excluding hydrogens is 530 g/mol. The fourth-order valence-electron chi connectivity index (χ4n) is 4.93. The highest BCUT2D eigenvalue weighted by Crippen LogP contribution is 2.31. The Morgan fingerprint density at radius 3 is 2.37 bits per heavy atom. The fourth-order valence-corrected chi connectivity index (χ4v) is 6.50. The fraction of sp³-hybridized carbons (Fsp3) is 0.423. The van der Waals surface area contributed by atoms with Gasteiger partial charge in [-0.05, 0) is 56.0 Å². The van der Waals surface area contributed by atoms with Crippen molar-refractivity contribution in [3.63, 3.8) is 0 Å². The van der Waals surface area contributed by atoms with Crippen molar-refractivity contribution in [3.05, 3.63) is 70.4 Å². The third-order valence-electron chi connectivity index (χ3n) is 7.06. The van der Waals surface area contributed by atoms with Crippen molar-refractivity contribution in [2.24, 2.45) is 0 Å². The van der Waals surface area contributed by atoms with Crippen molar-refractivity contribution < 1.29 is 17.9 Å². The number of methoxy groups -OCH3 is 1. The Labute approximate surface area is 226 Å². The number of pyridine rings is 1. The first kappa shape index (κ1) is 26.6. The minimum absolute atomic E-state index is 0.129. The zero-order chi connectivity index (χ0) is 26.7. The molecule has 3 heterocycles. The van der Waals surface area contributed by atoms with Crippen LogP contribution in [0.1, 0.15) is 25.7 Å². The lowest BCUT2D eigenvalue weighted by atomic mass is 9.95. The molecule has 5 rings (SSSR count). The van der Waals surface area contributed by atoms with Crippen LogP contribution in [0.5, 0.6) is 5.75 Å². The summed E-state index contributed by atoms with van der Waals surface area (Å²) >= 11 is 6.17. The molecule has 1 aliphatic carbocycles. The molecule has 0 spiro atoms. The van der Waals surface area contributed by atoms with Crippen molar-refractivity contribution in [2.75, 3.05) is 38.2 Å². The Morgan fingerprint density at radius 1 is 0.974 bits per heavy atom. The highest BCUT2D eigenvalue weighted by molar-refractivity contribution is 7.89. The number of halogens is 1. The predicted octanol–water partition coefficient (Wildman–Crippen LogP) is 3.13. The molecule has 0 N–H and O–H groups in total. The third kappa shape index (κ3) is 5.56. The summed E-state index contributed by atoms with van der Waals surface area (Å²) in [6.45, 7) is 1.28. The van der Waals surface area contributed by atoms with E-state index in [1.165, 1.54) is 15.2 Å². The lowest BCUT2D eigenvalue weighted by Crippen LogP contribution is -2.49. The van der Waals surface area contributed by atoms with Crippen LogP contribution >= 0.6 is 11.6 Å². The zero-order valence-electron chi connectivity index (χ0n) is 21.1. The molecule has 1 aromatic carbocycles. The van der Waals surface area contributed by atoms with Gasteiger partial charge in [-0.2, -0.15) is 14.1 Å². The standard InChI is InChI=1S/C26H30ClN5O5S/c1-36-21-7-9-22(10-8-21)37-25-24(18-29-32(26(25)33)20-5-2-4-19(27)16-20)30-12-14-31(15-13-30)38(34,35)23-6-3-11-28-17-23/h2-6,11,16-18,21-22H,7-10,12-15H2,1H3. The SMILES string of the molecule is COC1CCC(Oc2c(N3CCN(S(=O)(=O)c4cccnc4)CC3)cnn(-c3cccc(Cl)c3)c2=O)CC1. The molecule has 0 amide bonds. The average molecular weight is 560 g/mol. The first-order valence-electron chi connectivity index (χ1n) is 12.6. The van der Waals surface area contributed by atoms with E-state index in [-0.39, 0.29) is 41.5 Å². The molecule has 1 saturated heterocycles. The highest BCUT2D eigenvalue weighted by Gasteiger charge is 2.32. The molecule has 0 radical (unpaired) electrons. The van der Waals surface area contributed by atoms with Crippen LogP contribution in [-0.2, 0) is 14.8 Å². The van der Waals surface area contributed by atoms with E-state index in [1.807, 2.05) is 4.90 Å². The zero-order valence-corrected chi connectivity index (χ0v) is 22.6. The van der Waals surface area contributed by atoms with Crippen LogP contribution in [0.15, 0.2) is 64.7 Å². The molecule has 2 fully saturated rings. The van der Waals surface area contributed by atoms with Crippen molar-refractivity contribution in [1.82, 2.24) is 19.1 Å². The average Bonchev–Trinajstić information content (AvgIpc) is 2.95. The van der Waals surface area contributed by atoms with Gasteiger partial charge < -0.3 is 14.4 Å². The summed E-state index contributed by atoms with van der Waals surface area (Å²) in [5.41, 5.74) is 0.707. The van der Waals surface area contributed by atoms with Crippen molar-refractivity contribution >= 4 is 27.3 Å². The van der Waals surface area contributed by atoms with Gasteiger partial charge >= 0.3 is 5.56 Å². The number of anilines is 1. The van der Waals surface area contributed by atoms with Gasteiger partial charge in [0.25, 0.3) is 0 Å². The van der Waals surface area contributed by atoms with Gasteiger partial charge in [0.2, 0.25) is 15.8 Å². The maximum absolute atomic E-state index is 13.7. The van der Waals surface area contributed by atoms with Gasteiger partial charge in [0.05, 0.1) is 24.1 Å². The first-order valence-corrected chi connectivity index (χ1v) is 14.4. The van der Waals surface area contributed by atoms with E-state index in [0.29, 0.717) is 29.5 Å². The number of hydrogen-bond donors (Lipinski definition) is 0. The van der Waals surface area contributed by atoms with Gasteiger partial charge in [-0.25, -0.2) is 8.42 Å². The molecule has 12 heteroatoms. The van der Waals surface area contributed by atoms with E-state index < -0.39 is 10.0 Å². The van der Waals surface area contributed by atoms with Crippen LogP contribution in [0.2, 0.25) is 5.02 Å². The largest absolute Gasteiger partial charge is 0.483 e. The minimum atomic E-state index is -3.66. The Balaban J connectivity index is 1.42. The second-order valence-electron chi connectivity index (χ2n) is 9.39. The lowest BCUT2D eigenvalue weighted by Gasteiger charge is -2.36. The Bertz CT molecular complexity index is 1420. The molecule has 202 valence electrons. The predicted molar refractivity (Wildman–Crippen MR) is 144 cm³/mol. The normalized spacial score (nSPS) is 20.8. The summed E-state index contributed by atoms with van der Waals surface area (Å²) in [4.78, 5) is 19.8. The Hall–Kier alpha value is -2.99. The number of ether oxygens (including phenoxy) is 2. The van der Waals surface area contributed by atoms with E-state index in [2.05, 4.69) is 10.1 Å². The van der Waals surface area contributed by atoms with Gasteiger partial charge in [-0.15, -0.1) is 0 Å². The maximum atomic E-state index is 13.7. The van der Waals surface area contributed by atoms with Crippen molar-refractivity contribution in [1.29, 1.82) is 0 Å². The molecule has 3 aromatic rings. The monoisotopic (exact) mass is 559 g/mol. The topological polar surface area (TPSA) is 107 Å². The first-order chi connectivity index (χ1) is 18.4. The minimum Gasteiger partial charge on any atom is -0.483 e. The quantitative estimate of drug-likeness (QED) is 0.434. The molecule has 0 atom stereocenters. The Kier molecular flexibility index (Phi) is 7.98. The maximum Gasteiger partial charge on any atom is 0.316 e. The van der Waals surface area contributed by atoms with Crippen LogP contribution in [0.4, 0.5) is 5.69 Å². The highest BCUT2D eigenvalue weighted by atomic mass is 35.5. The number of hydrogen-bond acceptors (Lipinski definition) is 8. The molecule has 2 aliphatic rings. The van der Waals surface area contributed by atoms with Gasteiger partial charge in [-0.3, -0.25) is 9.78 Å². The Morgan fingerprint density at radius 2 is 1.71 bits per heavy atom. The molecule has 0 bridgehead atoms. The van der Waals surface area contributed by atoms with Gasteiger partial charge in [0.1, 0.15) is 10.6 Å². The van der Waals surface area contributed by atoms with Crippen LogP contribution in [0, 0.1) is 0 Å². The van der Waals surface area contributed by atoms with Gasteiger partial charge in [-0.1, -0.05) is 17.7 Å². The second-order valence-corrected chi connectivity index (χ2v) is 11.8. The summed E-state index contributed by atoms with van der Waals surface area (Å²) < 4.78 is 40.7. The lowest BCUT2D eigenvalue weighted by molar-refractivity contribution is 0.0323. The second kappa shape index (κ2) is 11.4. The molecule has 38 heavy (non-hydrogen) atoms. The summed E-state index contributed by atoms with van der Waals surface area (Å²) in [5, 5.41) is 4.92. The molecule has 2 aromatic heterocycles. The van der Waals surface area contributed by atoms with Crippen LogP contribution in [0.25, 0.3) is 5.69 Å². The molecule has 0 unspecified atom stereocenters. The van der Waals surface area contributed by atoms with Gasteiger partial charge in [0.15, 0.2) is 0 Å². The number of aromatic nitrogens is 3. The van der Waals surface area contributed by atoms with Crippen LogP contribution in [-0.4, -0.2) is 73.0 Å². The summed E-state index contributed by atoms with van der Waals surface area (Å²) in [6.07, 6.45) is 7.83. The summed E-state index contributed by atoms with van der Waals surface area (Å²) in [6, 6.07) is 10.1. The van der Waals surface area contributed by atoms with E-state index in [4.69, 9.17) is 21.1 Å². The number of benzene rings is 1. The molecule has 1 aliphatic heterocycles. The third-order valence-corrected chi connectivity index (χ3v) is 9.18. The summed E-state index contributed by atoms with van der Waals surface area (Å²) in [7, 11) is -1.94. The smallest absolute Gasteiger partial charge is 0.316 e. The van der Waals surface area contributed by atoms with E-state index in [1.54, 1.807) is 55.9 Å². The van der Waals surface area contributed by atoms with E-state index in [0.717, 1.165) is 25.7 Å². The van der Waals surface area contributed by atoms with Crippen molar-refractivity contribution in [2.45, 2.75) is 42.8 Å². The van der Waals surface area contributed by atoms with Gasteiger partial charge in [0, 0.05) is 50.7 Å². The molecule has 1 saturated carbocycles. The van der Waals surface area contributed by atoms with Crippen LogP contribution in [0.3, 0.4) is 0 Å². The van der Waals surface area contributed by atoms with E-state index in [9.17, 15) is 13.2 Å². The number of rotatable bonds is 7. The van der Waals surface area contributed by atoms with Crippen LogP contribution < -0.4 is 15.2 Å². The molecular formula is C26H30ClN5O5S. The number of piperazine rings is 1. The number of sulfonamides is 1. The van der Waals surface area contributed by atoms with E-state index >= 15 is 0 Å². The molecule has 10 nitrogen and oxygen atoms in total. The number of nitrogens with zero attached hydrogens (tertiary/aromatic N) is 5.